The molecule has 0 bridgehead atoms. The molecule has 7 nitrogen and oxygen atoms in total. The van der Waals surface area contributed by atoms with E-state index in [1.807, 2.05) is 0 Å². The lowest BCUT2D eigenvalue weighted by atomic mass is 9.96. The van der Waals surface area contributed by atoms with Crippen LogP contribution in [0.15, 0.2) is 54.4 Å². The molecule has 0 spiro atoms. The molecule has 1 fully saturated rings. The number of pyridine rings is 1. The fourth-order valence-corrected chi connectivity index (χ4v) is 3.09. The van der Waals surface area contributed by atoms with Gasteiger partial charge >= 0.3 is 0 Å². The largest absolute Gasteiger partial charge is 0.507 e. The zero-order valence-corrected chi connectivity index (χ0v) is 15.1. The van der Waals surface area contributed by atoms with E-state index in [1.54, 1.807) is 55.9 Å². The van der Waals surface area contributed by atoms with Gasteiger partial charge in [0.15, 0.2) is 0 Å². The SMILES string of the molecule is COCCN1C(=O)C(=O)/C(=C(\O)c2ccc(OC)cc2)C1c1cccnc1. The number of ether oxygens (including phenoxy) is 2. The summed E-state index contributed by atoms with van der Waals surface area (Å²) in [6.07, 6.45) is 3.19. The zero-order valence-electron chi connectivity index (χ0n) is 15.1. The highest BCUT2D eigenvalue weighted by Gasteiger charge is 2.45. The number of amides is 1. The summed E-state index contributed by atoms with van der Waals surface area (Å²) < 4.78 is 10.2. The van der Waals surface area contributed by atoms with E-state index in [1.165, 1.54) is 12.0 Å². The molecule has 0 saturated carbocycles. The number of aliphatic hydroxyl groups is 1. The molecular weight excluding hydrogens is 348 g/mol. The van der Waals surface area contributed by atoms with Crippen molar-refractivity contribution in [1.29, 1.82) is 0 Å². The molecule has 1 aromatic heterocycles. The number of methoxy groups -OCH3 is 2. The Morgan fingerprint density at radius 1 is 1.19 bits per heavy atom. The maximum absolute atomic E-state index is 12.7. The summed E-state index contributed by atoms with van der Waals surface area (Å²) in [5, 5.41) is 10.8. The number of rotatable bonds is 6. The Morgan fingerprint density at radius 3 is 2.52 bits per heavy atom. The second-order valence-corrected chi connectivity index (χ2v) is 6.00. The summed E-state index contributed by atoms with van der Waals surface area (Å²) >= 11 is 0. The number of aliphatic hydroxyl groups excluding tert-OH is 1. The Labute approximate surface area is 156 Å². The minimum Gasteiger partial charge on any atom is -0.507 e. The van der Waals surface area contributed by atoms with Gasteiger partial charge in [0.2, 0.25) is 0 Å². The Hall–Kier alpha value is -3.19. The first-order valence-electron chi connectivity index (χ1n) is 8.40. The number of benzene rings is 1. The Morgan fingerprint density at radius 2 is 1.93 bits per heavy atom. The van der Waals surface area contributed by atoms with E-state index >= 15 is 0 Å². The van der Waals surface area contributed by atoms with Gasteiger partial charge in [-0.25, -0.2) is 0 Å². The summed E-state index contributed by atoms with van der Waals surface area (Å²) in [6, 6.07) is 9.39. The maximum Gasteiger partial charge on any atom is 0.295 e. The number of nitrogens with zero attached hydrogens (tertiary/aromatic N) is 2. The van der Waals surface area contributed by atoms with Crippen LogP contribution in [0, 0.1) is 0 Å². The molecule has 1 N–H and O–H groups in total. The Balaban J connectivity index is 2.11. The van der Waals surface area contributed by atoms with Crippen molar-refractivity contribution < 1.29 is 24.2 Å². The number of ketones is 1. The van der Waals surface area contributed by atoms with Crippen LogP contribution in [0.3, 0.4) is 0 Å². The lowest BCUT2D eigenvalue weighted by Crippen LogP contribution is -2.32. The number of aromatic nitrogens is 1. The van der Waals surface area contributed by atoms with Gasteiger partial charge in [-0.15, -0.1) is 0 Å². The monoisotopic (exact) mass is 368 g/mol. The smallest absolute Gasteiger partial charge is 0.295 e. The van der Waals surface area contributed by atoms with Crippen LogP contribution in [0.25, 0.3) is 5.76 Å². The molecule has 1 atom stereocenters. The quantitative estimate of drug-likeness (QED) is 0.477. The topological polar surface area (TPSA) is 89.0 Å². The highest BCUT2D eigenvalue weighted by atomic mass is 16.5. The number of Topliss-reactive ketones (excluding diaryl/α,β-unsaturated/α-hetero) is 1. The Bertz CT molecular complexity index is 862. The zero-order chi connectivity index (χ0) is 19.4. The van der Waals surface area contributed by atoms with Crippen LogP contribution < -0.4 is 4.74 Å². The van der Waals surface area contributed by atoms with Crippen molar-refractivity contribution in [3.63, 3.8) is 0 Å². The van der Waals surface area contributed by atoms with Gasteiger partial charge in [0.05, 0.1) is 25.3 Å². The van der Waals surface area contributed by atoms with Gasteiger partial charge in [-0.05, 0) is 35.9 Å². The van der Waals surface area contributed by atoms with E-state index < -0.39 is 17.7 Å². The second-order valence-electron chi connectivity index (χ2n) is 6.00. The van der Waals surface area contributed by atoms with E-state index in [9.17, 15) is 14.7 Å². The van der Waals surface area contributed by atoms with Gasteiger partial charge < -0.3 is 19.5 Å². The number of carbonyl (C=O) groups excluding carboxylic acids is 2. The number of likely N-dealkylation sites (tertiary alicyclic amines) is 1. The van der Waals surface area contributed by atoms with E-state index in [2.05, 4.69) is 4.98 Å². The summed E-state index contributed by atoms with van der Waals surface area (Å²) in [5.74, 6) is -1.01. The summed E-state index contributed by atoms with van der Waals surface area (Å²) in [5.41, 5.74) is 1.10. The third kappa shape index (κ3) is 3.54. The highest BCUT2D eigenvalue weighted by molar-refractivity contribution is 6.46. The minimum atomic E-state index is -0.728. The summed E-state index contributed by atoms with van der Waals surface area (Å²) in [7, 11) is 3.06. The molecule has 3 rings (SSSR count). The molecule has 2 heterocycles. The van der Waals surface area contributed by atoms with Gasteiger partial charge in [-0.1, -0.05) is 6.07 Å². The van der Waals surface area contributed by atoms with E-state index in [0.717, 1.165) is 0 Å². The van der Waals surface area contributed by atoms with Gasteiger partial charge in [0.25, 0.3) is 11.7 Å². The molecule has 2 aromatic rings. The third-order valence-corrected chi connectivity index (χ3v) is 4.44. The molecule has 1 aliphatic rings. The van der Waals surface area contributed by atoms with Crippen molar-refractivity contribution in [3.05, 3.63) is 65.5 Å². The predicted octanol–water partition coefficient (Wildman–Crippen LogP) is 2.16. The third-order valence-electron chi connectivity index (χ3n) is 4.44. The minimum absolute atomic E-state index is 0.0364. The highest BCUT2D eigenvalue weighted by Crippen LogP contribution is 2.39. The van der Waals surface area contributed by atoms with Crippen molar-refractivity contribution in [3.8, 4) is 5.75 Å². The maximum atomic E-state index is 12.7. The normalized spacial score (nSPS) is 18.7. The van der Waals surface area contributed by atoms with Crippen LogP contribution in [0.1, 0.15) is 17.2 Å². The standard InChI is InChI=1S/C20H20N2O5/c1-26-11-10-22-17(14-4-3-9-21-12-14)16(19(24)20(22)25)18(23)13-5-7-15(27-2)8-6-13/h3-9,12,17,23H,10-11H2,1-2H3/b18-16-. The molecule has 1 aliphatic heterocycles. The number of hydrogen-bond acceptors (Lipinski definition) is 6. The van der Waals surface area contributed by atoms with Gasteiger partial charge in [-0.2, -0.15) is 0 Å². The van der Waals surface area contributed by atoms with E-state index in [-0.39, 0.29) is 24.5 Å². The summed E-state index contributed by atoms with van der Waals surface area (Å²) in [6.45, 7) is 0.492. The first kappa shape index (κ1) is 18.6. The van der Waals surface area contributed by atoms with Gasteiger partial charge in [0.1, 0.15) is 11.5 Å². The molecule has 7 heteroatoms. The average Bonchev–Trinajstić information content (AvgIpc) is 2.97. The molecule has 27 heavy (non-hydrogen) atoms. The first-order chi connectivity index (χ1) is 13.1. The van der Waals surface area contributed by atoms with Crippen LogP contribution in [0.2, 0.25) is 0 Å². The predicted molar refractivity (Wildman–Crippen MR) is 98.1 cm³/mol. The first-order valence-corrected chi connectivity index (χ1v) is 8.40. The Kier molecular flexibility index (Phi) is 5.52. The summed E-state index contributed by atoms with van der Waals surface area (Å²) in [4.78, 5) is 30.8. The molecule has 1 aromatic carbocycles. The van der Waals surface area contributed by atoms with Crippen LogP contribution in [-0.4, -0.2) is 54.1 Å². The van der Waals surface area contributed by atoms with Gasteiger partial charge in [-0.3, -0.25) is 14.6 Å². The van der Waals surface area contributed by atoms with Crippen LogP contribution in [0.4, 0.5) is 0 Å². The van der Waals surface area contributed by atoms with Gasteiger partial charge in [0, 0.05) is 31.6 Å². The van der Waals surface area contributed by atoms with Crippen molar-refractivity contribution in [1.82, 2.24) is 9.88 Å². The van der Waals surface area contributed by atoms with Crippen molar-refractivity contribution in [2.45, 2.75) is 6.04 Å². The number of carbonyl (C=O) groups is 2. The molecule has 0 aliphatic carbocycles. The van der Waals surface area contributed by atoms with E-state index in [4.69, 9.17) is 9.47 Å². The molecule has 1 amide bonds. The fraction of sp³-hybridized carbons (Fsp3) is 0.250. The van der Waals surface area contributed by atoms with Crippen LogP contribution in [0.5, 0.6) is 5.75 Å². The van der Waals surface area contributed by atoms with Crippen molar-refractivity contribution >= 4 is 17.4 Å². The number of hydrogen-bond donors (Lipinski definition) is 1. The second kappa shape index (κ2) is 8.01. The molecular formula is C20H20N2O5. The van der Waals surface area contributed by atoms with Crippen LogP contribution in [-0.2, 0) is 14.3 Å². The van der Waals surface area contributed by atoms with Crippen molar-refractivity contribution in [2.75, 3.05) is 27.4 Å². The molecule has 0 radical (unpaired) electrons. The lowest BCUT2D eigenvalue weighted by Gasteiger charge is -2.24. The fourth-order valence-electron chi connectivity index (χ4n) is 3.09. The van der Waals surface area contributed by atoms with Crippen molar-refractivity contribution in [2.24, 2.45) is 0 Å². The van der Waals surface area contributed by atoms with Crippen LogP contribution >= 0.6 is 0 Å². The lowest BCUT2D eigenvalue weighted by molar-refractivity contribution is -0.140. The van der Waals surface area contributed by atoms with E-state index in [0.29, 0.717) is 16.9 Å². The average molecular weight is 368 g/mol. The molecule has 1 saturated heterocycles. The molecule has 1 unspecified atom stereocenters. The molecule has 140 valence electrons.